The van der Waals surface area contributed by atoms with E-state index in [1.54, 1.807) is 0 Å². The summed E-state index contributed by atoms with van der Waals surface area (Å²) in [5.74, 6) is 2.04. The van der Waals surface area contributed by atoms with Gasteiger partial charge in [0.1, 0.15) is 0 Å². The van der Waals surface area contributed by atoms with Crippen molar-refractivity contribution in [3.63, 3.8) is 0 Å². The van der Waals surface area contributed by atoms with E-state index in [2.05, 4.69) is 24.0 Å². The van der Waals surface area contributed by atoms with Gasteiger partial charge in [-0.05, 0) is 44.6 Å². The zero-order valence-electron chi connectivity index (χ0n) is 11.8. The second-order valence-corrected chi connectivity index (χ2v) is 7.11. The Morgan fingerprint density at radius 2 is 2.06 bits per heavy atom. The van der Waals surface area contributed by atoms with Crippen LogP contribution < -0.4 is 5.32 Å². The van der Waals surface area contributed by atoms with Crippen LogP contribution in [-0.2, 0) is 4.74 Å². The number of ether oxygens (including phenoxy) is 1. The van der Waals surface area contributed by atoms with Gasteiger partial charge < -0.3 is 10.1 Å². The first-order chi connectivity index (χ1) is 8.90. The summed E-state index contributed by atoms with van der Waals surface area (Å²) < 4.78 is 5.67. The third-order valence-corrected chi connectivity index (χ3v) is 5.73. The molecule has 0 aromatic rings. The van der Waals surface area contributed by atoms with Crippen LogP contribution in [0.4, 0.5) is 0 Å². The molecule has 106 valence electrons. The van der Waals surface area contributed by atoms with Crippen LogP contribution in [-0.4, -0.2) is 36.8 Å². The van der Waals surface area contributed by atoms with Crippen molar-refractivity contribution in [3.8, 4) is 0 Å². The minimum atomic E-state index is 0.677. The van der Waals surface area contributed by atoms with Crippen molar-refractivity contribution in [2.45, 2.75) is 63.2 Å². The molecule has 1 saturated carbocycles. The molecule has 1 saturated heterocycles. The molecule has 0 bridgehead atoms. The van der Waals surface area contributed by atoms with Crippen LogP contribution in [0.2, 0.25) is 0 Å². The van der Waals surface area contributed by atoms with Gasteiger partial charge in [0.2, 0.25) is 0 Å². The average Bonchev–Trinajstić information content (AvgIpc) is 2.93. The van der Waals surface area contributed by atoms with E-state index < -0.39 is 0 Å². The lowest BCUT2D eigenvalue weighted by Gasteiger charge is -2.31. The lowest BCUT2D eigenvalue weighted by Crippen LogP contribution is -2.42. The summed E-state index contributed by atoms with van der Waals surface area (Å²) in [5, 5.41) is 4.71. The molecule has 0 amide bonds. The molecule has 2 aliphatic rings. The van der Waals surface area contributed by atoms with E-state index in [0.29, 0.717) is 6.04 Å². The monoisotopic (exact) mass is 271 g/mol. The molecule has 1 aliphatic heterocycles. The molecule has 2 unspecified atom stereocenters. The van der Waals surface area contributed by atoms with Crippen LogP contribution in [0.25, 0.3) is 0 Å². The van der Waals surface area contributed by atoms with Gasteiger partial charge in [-0.25, -0.2) is 0 Å². The molecule has 1 N–H and O–H groups in total. The summed E-state index contributed by atoms with van der Waals surface area (Å²) in [5.41, 5.74) is 0. The lowest BCUT2D eigenvalue weighted by atomic mass is 9.95. The standard InChI is InChI=1S/C15H29NOS/c1-2-9-16-15(13-6-5-10-17-11-13)12-18-14-7-3-4-8-14/h13-16H,2-12H2,1H3. The zero-order valence-corrected chi connectivity index (χ0v) is 12.6. The molecule has 2 nitrogen and oxygen atoms in total. The Balaban J connectivity index is 1.75. The first kappa shape index (κ1) is 14.7. The molecule has 3 heteroatoms. The first-order valence-electron chi connectivity index (χ1n) is 7.83. The van der Waals surface area contributed by atoms with Crippen molar-refractivity contribution in [1.82, 2.24) is 5.32 Å². The van der Waals surface area contributed by atoms with Crippen molar-refractivity contribution < 1.29 is 4.74 Å². The zero-order chi connectivity index (χ0) is 12.6. The highest BCUT2D eigenvalue weighted by Crippen LogP contribution is 2.31. The topological polar surface area (TPSA) is 21.3 Å². The molecule has 2 fully saturated rings. The molecular weight excluding hydrogens is 242 g/mol. The maximum Gasteiger partial charge on any atom is 0.0509 e. The highest BCUT2D eigenvalue weighted by Gasteiger charge is 2.25. The largest absolute Gasteiger partial charge is 0.381 e. The fourth-order valence-corrected chi connectivity index (χ4v) is 4.61. The summed E-state index contributed by atoms with van der Waals surface area (Å²) in [4.78, 5) is 0. The number of hydrogen-bond donors (Lipinski definition) is 1. The maximum atomic E-state index is 5.67. The first-order valence-corrected chi connectivity index (χ1v) is 8.87. The van der Waals surface area contributed by atoms with E-state index >= 15 is 0 Å². The van der Waals surface area contributed by atoms with Gasteiger partial charge in [-0.1, -0.05) is 19.8 Å². The molecule has 18 heavy (non-hydrogen) atoms. The number of hydrogen-bond acceptors (Lipinski definition) is 3. The van der Waals surface area contributed by atoms with Gasteiger partial charge in [0.15, 0.2) is 0 Å². The summed E-state index contributed by atoms with van der Waals surface area (Å²) in [6.45, 7) is 5.37. The van der Waals surface area contributed by atoms with Gasteiger partial charge in [-0.2, -0.15) is 11.8 Å². The van der Waals surface area contributed by atoms with Crippen molar-refractivity contribution >= 4 is 11.8 Å². The third kappa shape index (κ3) is 4.75. The van der Waals surface area contributed by atoms with Gasteiger partial charge in [0.05, 0.1) is 6.61 Å². The Morgan fingerprint density at radius 1 is 1.22 bits per heavy atom. The lowest BCUT2D eigenvalue weighted by molar-refractivity contribution is 0.0427. The normalized spacial score (nSPS) is 27.5. The van der Waals surface area contributed by atoms with Crippen LogP contribution in [0.3, 0.4) is 0 Å². The summed E-state index contributed by atoms with van der Waals surface area (Å²) in [7, 11) is 0. The predicted octanol–water partition coefficient (Wildman–Crippen LogP) is 3.46. The molecule has 0 aromatic heterocycles. The van der Waals surface area contributed by atoms with E-state index in [0.717, 1.165) is 30.9 Å². The summed E-state index contributed by atoms with van der Waals surface area (Å²) >= 11 is 2.22. The average molecular weight is 271 g/mol. The quantitative estimate of drug-likeness (QED) is 0.766. The van der Waals surface area contributed by atoms with Gasteiger partial charge in [0.25, 0.3) is 0 Å². The second kappa shape index (κ2) is 8.44. The Kier molecular flexibility index (Phi) is 6.88. The highest BCUT2D eigenvalue weighted by molar-refractivity contribution is 7.99. The Labute approximate surface area is 117 Å². The fourth-order valence-electron chi connectivity index (χ4n) is 3.07. The van der Waals surface area contributed by atoms with Crippen molar-refractivity contribution in [2.75, 3.05) is 25.5 Å². The highest BCUT2D eigenvalue weighted by atomic mass is 32.2. The molecule has 0 radical (unpaired) electrons. The minimum absolute atomic E-state index is 0.677. The SMILES string of the molecule is CCCNC(CSC1CCCC1)C1CCCOC1. The third-order valence-electron chi connectivity index (χ3n) is 4.23. The predicted molar refractivity (Wildman–Crippen MR) is 80.3 cm³/mol. The number of rotatable bonds is 7. The van der Waals surface area contributed by atoms with Gasteiger partial charge >= 0.3 is 0 Å². The molecule has 2 rings (SSSR count). The summed E-state index contributed by atoms with van der Waals surface area (Å²) in [6, 6.07) is 0.677. The molecular formula is C15H29NOS. The van der Waals surface area contributed by atoms with Gasteiger partial charge in [-0.15, -0.1) is 0 Å². The summed E-state index contributed by atoms with van der Waals surface area (Å²) in [6.07, 6.45) is 9.65. The minimum Gasteiger partial charge on any atom is -0.381 e. The molecule has 0 aromatic carbocycles. The second-order valence-electron chi connectivity index (χ2n) is 5.78. The smallest absolute Gasteiger partial charge is 0.0509 e. The number of thioether (sulfide) groups is 1. The van der Waals surface area contributed by atoms with Crippen LogP contribution in [0.5, 0.6) is 0 Å². The van der Waals surface area contributed by atoms with Crippen LogP contribution in [0.1, 0.15) is 51.9 Å². The van der Waals surface area contributed by atoms with E-state index in [1.165, 1.54) is 50.7 Å². The van der Waals surface area contributed by atoms with Gasteiger partial charge in [-0.3, -0.25) is 0 Å². The van der Waals surface area contributed by atoms with Crippen molar-refractivity contribution in [3.05, 3.63) is 0 Å². The van der Waals surface area contributed by atoms with Gasteiger partial charge in [0, 0.05) is 23.7 Å². The van der Waals surface area contributed by atoms with Crippen molar-refractivity contribution in [2.24, 2.45) is 5.92 Å². The Morgan fingerprint density at radius 3 is 2.72 bits per heavy atom. The number of nitrogens with one attached hydrogen (secondary N) is 1. The van der Waals surface area contributed by atoms with Crippen LogP contribution in [0, 0.1) is 5.92 Å². The molecule has 1 heterocycles. The van der Waals surface area contributed by atoms with E-state index in [9.17, 15) is 0 Å². The maximum absolute atomic E-state index is 5.67. The van der Waals surface area contributed by atoms with E-state index in [1.807, 2.05) is 0 Å². The van der Waals surface area contributed by atoms with Crippen LogP contribution in [0.15, 0.2) is 0 Å². The van der Waals surface area contributed by atoms with E-state index in [4.69, 9.17) is 4.74 Å². The van der Waals surface area contributed by atoms with E-state index in [-0.39, 0.29) is 0 Å². The Bertz CT molecular complexity index is 213. The molecule has 2 atom stereocenters. The molecule has 0 spiro atoms. The van der Waals surface area contributed by atoms with Crippen LogP contribution >= 0.6 is 11.8 Å². The fraction of sp³-hybridized carbons (Fsp3) is 1.00. The van der Waals surface area contributed by atoms with Crippen molar-refractivity contribution in [1.29, 1.82) is 0 Å². The Hall–Kier alpha value is 0.270. The molecule has 1 aliphatic carbocycles.